The predicted octanol–water partition coefficient (Wildman–Crippen LogP) is 5.81. The fourth-order valence-corrected chi connectivity index (χ4v) is 5.16. The van der Waals surface area contributed by atoms with Crippen LogP contribution >= 0.6 is 11.3 Å². The van der Waals surface area contributed by atoms with Crippen LogP contribution in [0.4, 0.5) is 0 Å². The van der Waals surface area contributed by atoms with Crippen LogP contribution in [0.5, 0.6) is 0 Å². The number of benzene rings is 1. The number of hydrogen-bond donors (Lipinski definition) is 0. The molecule has 0 saturated carbocycles. The van der Waals surface area contributed by atoms with Gasteiger partial charge in [-0.25, -0.2) is 4.98 Å². The smallest absolute Gasteiger partial charge is 0.293 e. The highest BCUT2D eigenvalue weighted by atomic mass is 32.1. The van der Waals surface area contributed by atoms with E-state index in [-0.39, 0.29) is 6.61 Å². The summed E-state index contributed by atoms with van der Waals surface area (Å²) in [6, 6.07) is 12.9. The standard InChI is InChI=1S/C24H28N2O2S/c1-4-24(2,3)19-10-11-21-18(12-19)13-22(17-8-6-5-7-9-17)26(21)23-25-20(15-29-23)14-28-16-27/h5-9,13,15-16,19H,4,10-12,14H2,1-3H3. The topological polar surface area (TPSA) is 44.1 Å². The van der Waals surface area contributed by atoms with Crippen LogP contribution in [0.15, 0.2) is 41.8 Å². The van der Waals surface area contributed by atoms with Gasteiger partial charge < -0.3 is 4.74 Å². The van der Waals surface area contributed by atoms with Gasteiger partial charge in [0.25, 0.3) is 6.47 Å². The second-order valence-corrected chi connectivity index (χ2v) is 9.35. The summed E-state index contributed by atoms with van der Waals surface area (Å²) in [7, 11) is 0. The van der Waals surface area contributed by atoms with Crippen molar-refractivity contribution in [2.75, 3.05) is 0 Å². The minimum absolute atomic E-state index is 0.219. The van der Waals surface area contributed by atoms with Crippen LogP contribution in [0.2, 0.25) is 0 Å². The maximum absolute atomic E-state index is 10.5. The molecular weight excluding hydrogens is 380 g/mol. The molecule has 0 bridgehead atoms. The molecule has 1 aliphatic rings. The van der Waals surface area contributed by atoms with E-state index in [1.54, 1.807) is 11.3 Å². The Bertz CT molecular complexity index is 988. The first kappa shape index (κ1) is 19.9. The number of thiazole rings is 1. The summed E-state index contributed by atoms with van der Waals surface area (Å²) in [6.45, 7) is 7.79. The highest BCUT2D eigenvalue weighted by molar-refractivity contribution is 7.12. The number of nitrogens with zero attached hydrogens (tertiary/aromatic N) is 2. The molecular formula is C24H28N2O2S. The van der Waals surface area contributed by atoms with Crippen molar-refractivity contribution in [2.45, 2.75) is 53.1 Å². The summed E-state index contributed by atoms with van der Waals surface area (Å²) in [5, 5.41) is 2.93. The molecule has 1 unspecified atom stereocenters. The zero-order chi connectivity index (χ0) is 20.4. The van der Waals surface area contributed by atoms with Crippen LogP contribution in [0.25, 0.3) is 16.4 Å². The van der Waals surface area contributed by atoms with Gasteiger partial charge in [-0.1, -0.05) is 57.5 Å². The summed E-state index contributed by atoms with van der Waals surface area (Å²) in [5.41, 5.74) is 6.37. The van der Waals surface area contributed by atoms with Gasteiger partial charge in [-0.05, 0) is 47.8 Å². The molecule has 1 aliphatic carbocycles. The zero-order valence-electron chi connectivity index (χ0n) is 17.4. The number of fused-ring (bicyclic) bond motifs is 1. The first-order chi connectivity index (χ1) is 14.0. The van der Waals surface area contributed by atoms with Gasteiger partial charge in [0.2, 0.25) is 0 Å². The number of rotatable bonds is 7. The van der Waals surface area contributed by atoms with Crippen LogP contribution in [0.1, 0.15) is 50.6 Å². The quantitative estimate of drug-likeness (QED) is 0.463. The van der Waals surface area contributed by atoms with Gasteiger partial charge in [-0.2, -0.15) is 0 Å². The van der Waals surface area contributed by atoms with E-state index in [0.29, 0.717) is 17.8 Å². The lowest BCUT2D eigenvalue weighted by molar-refractivity contribution is -0.129. The Hall–Kier alpha value is -2.40. The first-order valence-corrected chi connectivity index (χ1v) is 11.2. The third-order valence-corrected chi connectivity index (χ3v) is 7.38. The molecule has 1 aromatic carbocycles. The van der Waals surface area contributed by atoms with Crippen molar-refractivity contribution in [2.24, 2.45) is 11.3 Å². The van der Waals surface area contributed by atoms with E-state index in [9.17, 15) is 4.79 Å². The van der Waals surface area contributed by atoms with Gasteiger partial charge in [-0.3, -0.25) is 9.36 Å². The maximum Gasteiger partial charge on any atom is 0.293 e. The molecule has 2 aromatic heterocycles. The van der Waals surface area contributed by atoms with Crippen molar-refractivity contribution < 1.29 is 9.53 Å². The van der Waals surface area contributed by atoms with E-state index >= 15 is 0 Å². The molecule has 0 amide bonds. The lowest BCUT2D eigenvalue weighted by Crippen LogP contribution is -2.29. The Balaban J connectivity index is 1.78. The van der Waals surface area contributed by atoms with Crippen LogP contribution in [0.3, 0.4) is 0 Å². The monoisotopic (exact) mass is 408 g/mol. The third kappa shape index (κ3) is 3.88. The van der Waals surface area contributed by atoms with Gasteiger partial charge in [0.15, 0.2) is 5.13 Å². The average molecular weight is 409 g/mol. The highest BCUT2D eigenvalue weighted by Crippen LogP contribution is 2.43. The number of aromatic nitrogens is 2. The van der Waals surface area contributed by atoms with E-state index < -0.39 is 0 Å². The summed E-state index contributed by atoms with van der Waals surface area (Å²) in [5.74, 6) is 0.701. The first-order valence-electron chi connectivity index (χ1n) is 10.3. The van der Waals surface area contributed by atoms with Gasteiger partial charge in [0, 0.05) is 11.1 Å². The molecule has 29 heavy (non-hydrogen) atoms. The van der Waals surface area contributed by atoms with Crippen LogP contribution in [-0.4, -0.2) is 16.0 Å². The normalized spacial score (nSPS) is 16.4. The number of carbonyl (C=O) groups excluding carboxylic acids is 1. The van der Waals surface area contributed by atoms with E-state index in [4.69, 9.17) is 9.72 Å². The lowest BCUT2D eigenvalue weighted by Gasteiger charge is -2.36. The van der Waals surface area contributed by atoms with Crippen LogP contribution in [0, 0.1) is 11.3 Å². The molecule has 5 heteroatoms. The summed E-state index contributed by atoms with van der Waals surface area (Å²) < 4.78 is 7.22. The van der Waals surface area contributed by atoms with E-state index in [1.807, 2.05) is 5.38 Å². The van der Waals surface area contributed by atoms with E-state index in [0.717, 1.165) is 23.7 Å². The minimum Gasteiger partial charge on any atom is -0.461 e. The zero-order valence-corrected chi connectivity index (χ0v) is 18.2. The lowest BCUT2D eigenvalue weighted by atomic mass is 9.69. The van der Waals surface area contributed by atoms with Gasteiger partial charge in [-0.15, -0.1) is 11.3 Å². The molecule has 0 saturated heterocycles. The molecule has 1 atom stereocenters. The summed E-state index contributed by atoms with van der Waals surface area (Å²) in [6.07, 6.45) is 4.59. The molecule has 0 radical (unpaired) electrons. The molecule has 152 valence electrons. The molecule has 0 fully saturated rings. The Morgan fingerprint density at radius 1 is 1.31 bits per heavy atom. The molecule has 2 heterocycles. The van der Waals surface area contributed by atoms with Crippen molar-refractivity contribution in [3.8, 4) is 16.4 Å². The predicted molar refractivity (Wildman–Crippen MR) is 117 cm³/mol. The molecule has 4 rings (SSSR count). The van der Waals surface area contributed by atoms with Gasteiger partial charge in [0.1, 0.15) is 6.61 Å². The van der Waals surface area contributed by atoms with Crippen LogP contribution in [-0.2, 0) is 29.0 Å². The van der Waals surface area contributed by atoms with Gasteiger partial charge in [0.05, 0.1) is 11.4 Å². The maximum atomic E-state index is 10.5. The Morgan fingerprint density at radius 2 is 2.10 bits per heavy atom. The third-order valence-electron chi connectivity index (χ3n) is 6.50. The van der Waals surface area contributed by atoms with Crippen LogP contribution < -0.4 is 0 Å². The Labute approximate surface area is 176 Å². The Kier molecular flexibility index (Phi) is 5.59. The molecule has 0 aliphatic heterocycles. The molecule has 3 aromatic rings. The van der Waals surface area contributed by atoms with Crippen molar-refractivity contribution in [1.82, 2.24) is 9.55 Å². The largest absolute Gasteiger partial charge is 0.461 e. The van der Waals surface area contributed by atoms with Crippen molar-refractivity contribution in [3.05, 3.63) is 58.7 Å². The van der Waals surface area contributed by atoms with Crippen molar-refractivity contribution in [3.63, 3.8) is 0 Å². The van der Waals surface area contributed by atoms with Crippen molar-refractivity contribution in [1.29, 1.82) is 0 Å². The van der Waals surface area contributed by atoms with E-state index in [1.165, 1.54) is 35.4 Å². The Morgan fingerprint density at radius 3 is 2.83 bits per heavy atom. The summed E-state index contributed by atoms with van der Waals surface area (Å²) >= 11 is 1.61. The SMILES string of the molecule is CCC(C)(C)C1CCc2c(cc(-c3ccccc3)n2-c2nc(COC=O)cs2)C1. The summed E-state index contributed by atoms with van der Waals surface area (Å²) in [4.78, 5) is 15.3. The second-order valence-electron chi connectivity index (χ2n) is 8.51. The number of ether oxygens (including phenoxy) is 1. The molecule has 0 N–H and O–H groups in total. The molecule has 0 spiro atoms. The van der Waals surface area contributed by atoms with Crippen molar-refractivity contribution >= 4 is 17.8 Å². The second kappa shape index (κ2) is 8.15. The number of carbonyl (C=O) groups is 1. The average Bonchev–Trinajstić information content (AvgIpc) is 3.36. The fraction of sp³-hybridized carbons (Fsp3) is 0.417. The van der Waals surface area contributed by atoms with Gasteiger partial charge >= 0.3 is 0 Å². The minimum atomic E-state index is 0.219. The van der Waals surface area contributed by atoms with E-state index in [2.05, 4.69) is 61.7 Å². The molecule has 4 nitrogen and oxygen atoms in total. The number of hydrogen-bond acceptors (Lipinski definition) is 4. The fourth-order valence-electron chi connectivity index (χ4n) is 4.31. The highest BCUT2D eigenvalue weighted by Gasteiger charge is 2.33.